The van der Waals surface area contributed by atoms with Crippen molar-refractivity contribution in [2.45, 2.75) is 6.54 Å². The number of hydrogen-bond acceptors (Lipinski definition) is 9. The lowest BCUT2D eigenvalue weighted by atomic mass is 10.1. The maximum absolute atomic E-state index is 12.9. The van der Waals surface area contributed by atoms with Gasteiger partial charge in [0.25, 0.3) is 0 Å². The van der Waals surface area contributed by atoms with Crippen LogP contribution in [-0.2, 0) is 11.3 Å². The number of ether oxygens (including phenoxy) is 6. The number of nitrogens with zero attached hydrogens (tertiary/aromatic N) is 3. The molecule has 1 amide bonds. The molecular formula is C31H37N3O7. The van der Waals surface area contributed by atoms with Crippen LogP contribution in [0.15, 0.2) is 48.7 Å². The van der Waals surface area contributed by atoms with E-state index in [0.29, 0.717) is 47.6 Å². The highest BCUT2D eigenvalue weighted by Gasteiger charge is 2.21. The summed E-state index contributed by atoms with van der Waals surface area (Å²) < 4.78 is 32.6. The average molecular weight is 564 g/mol. The molecule has 10 heteroatoms. The van der Waals surface area contributed by atoms with E-state index >= 15 is 0 Å². The van der Waals surface area contributed by atoms with Gasteiger partial charge in [0.15, 0.2) is 23.0 Å². The molecule has 0 radical (unpaired) electrons. The van der Waals surface area contributed by atoms with Crippen molar-refractivity contribution in [1.82, 2.24) is 14.8 Å². The molecule has 0 N–H and O–H groups in total. The summed E-state index contributed by atoms with van der Waals surface area (Å²) in [6.45, 7) is 3.58. The third-order valence-corrected chi connectivity index (χ3v) is 6.98. The largest absolute Gasteiger partial charge is 0.493 e. The monoisotopic (exact) mass is 563 g/mol. The number of hydrogen-bond donors (Lipinski definition) is 0. The number of benzene rings is 2. The number of rotatable bonds is 11. The van der Waals surface area contributed by atoms with Gasteiger partial charge in [0.1, 0.15) is 0 Å². The van der Waals surface area contributed by atoms with Crippen LogP contribution in [-0.4, -0.2) is 89.5 Å². The summed E-state index contributed by atoms with van der Waals surface area (Å²) in [6.07, 6.45) is 5.16. The number of pyridine rings is 1. The molecule has 0 unspecified atom stereocenters. The lowest BCUT2D eigenvalue weighted by Gasteiger charge is -2.34. The van der Waals surface area contributed by atoms with Crippen LogP contribution in [0.3, 0.4) is 0 Å². The summed E-state index contributed by atoms with van der Waals surface area (Å²) in [7, 11) is 9.46. The van der Waals surface area contributed by atoms with E-state index < -0.39 is 0 Å². The standard InChI is InChI=1S/C31H37N3O7/c1-36-25-16-21(17-26(37-2)30(25)40-5)7-8-29(35)34-13-11-33(12-14-34)20-22-9-10-32-24(15-22)23-18-27(38-3)31(41-6)28(19-23)39-4/h7-10,15-19H,11-14,20H2,1-6H3/b8-7+. The maximum Gasteiger partial charge on any atom is 0.246 e. The van der Waals surface area contributed by atoms with Gasteiger partial charge in [0.05, 0.1) is 48.4 Å². The van der Waals surface area contributed by atoms with Crippen molar-refractivity contribution in [2.75, 3.05) is 68.8 Å². The molecule has 0 spiro atoms. The van der Waals surface area contributed by atoms with E-state index in [2.05, 4.69) is 16.0 Å². The summed E-state index contributed by atoms with van der Waals surface area (Å²) in [5.74, 6) is 3.25. The van der Waals surface area contributed by atoms with Crippen molar-refractivity contribution < 1.29 is 33.2 Å². The fourth-order valence-electron chi connectivity index (χ4n) is 4.81. The average Bonchev–Trinajstić information content (AvgIpc) is 3.02. The Hall–Kier alpha value is -4.44. The molecule has 2 heterocycles. The van der Waals surface area contributed by atoms with Gasteiger partial charge in [-0.05, 0) is 53.6 Å². The summed E-state index contributed by atoms with van der Waals surface area (Å²) in [5, 5.41) is 0. The second-order valence-electron chi connectivity index (χ2n) is 9.36. The van der Waals surface area contributed by atoms with Crippen molar-refractivity contribution in [3.8, 4) is 45.8 Å². The second kappa shape index (κ2) is 13.8. The Morgan fingerprint density at radius 1 is 0.756 bits per heavy atom. The van der Waals surface area contributed by atoms with Crippen LogP contribution in [0.4, 0.5) is 0 Å². The van der Waals surface area contributed by atoms with Crippen molar-refractivity contribution in [3.63, 3.8) is 0 Å². The maximum atomic E-state index is 12.9. The second-order valence-corrected chi connectivity index (χ2v) is 9.36. The zero-order valence-corrected chi connectivity index (χ0v) is 24.4. The summed E-state index contributed by atoms with van der Waals surface area (Å²) in [4.78, 5) is 21.7. The molecule has 0 aliphatic carbocycles. The summed E-state index contributed by atoms with van der Waals surface area (Å²) in [6, 6.07) is 11.5. The van der Waals surface area contributed by atoms with Crippen LogP contribution in [0.5, 0.6) is 34.5 Å². The molecule has 41 heavy (non-hydrogen) atoms. The number of carbonyl (C=O) groups is 1. The predicted molar refractivity (Wildman–Crippen MR) is 156 cm³/mol. The number of piperazine rings is 1. The SMILES string of the molecule is COc1cc(/C=C/C(=O)N2CCN(Cc3ccnc(-c4cc(OC)c(OC)c(OC)c4)c3)CC2)cc(OC)c1OC. The Morgan fingerprint density at radius 2 is 1.29 bits per heavy atom. The molecular weight excluding hydrogens is 526 g/mol. The van der Waals surface area contributed by atoms with Gasteiger partial charge in [-0.1, -0.05) is 0 Å². The van der Waals surface area contributed by atoms with Gasteiger partial charge >= 0.3 is 0 Å². The highest BCUT2D eigenvalue weighted by Crippen LogP contribution is 2.41. The molecule has 2 aromatic carbocycles. The number of aromatic nitrogens is 1. The van der Waals surface area contributed by atoms with Gasteiger partial charge in [0.2, 0.25) is 17.4 Å². The number of carbonyl (C=O) groups excluding carboxylic acids is 1. The van der Waals surface area contributed by atoms with Gasteiger partial charge in [-0.25, -0.2) is 0 Å². The quantitative estimate of drug-likeness (QED) is 0.319. The number of methoxy groups -OCH3 is 6. The lowest BCUT2D eigenvalue weighted by Crippen LogP contribution is -2.47. The van der Waals surface area contributed by atoms with Crippen LogP contribution < -0.4 is 28.4 Å². The van der Waals surface area contributed by atoms with E-state index in [1.165, 1.54) is 0 Å². The normalized spacial score (nSPS) is 13.7. The highest BCUT2D eigenvalue weighted by molar-refractivity contribution is 5.92. The molecule has 1 saturated heterocycles. The van der Waals surface area contributed by atoms with Gasteiger partial charge in [-0.3, -0.25) is 14.7 Å². The molecule has 1 aliphatic heterocycles. The fraction of sp³-hybridized carbons (Fsp3) is 0.355. The molecule has 10 nitrogen and oxygen atoms in total. The third-order valence-electron chi connectivity index (χ3n) is 6.98. The first-order valence-electron chi connectivity index (χ1n) is 13.2. The zero-order chi connectivity index (χ0) is 29.4. The van der Waals surface area contributed by atoms with E-state index in [1.807, 2.05) is 41.4 Å². The molecule has 3 aromatic rings. The smallest absolute Gasteiger partial charge is 0.246 e. The topological polar surface area (TPSA) is 91.8 Å². The number of amides is 1. The van der Waals surface area contributed by atoms with E-state index in [9.17, 15) is 4.79 Å². The van der Waals surface area contributed by atoms with Gasteiger partial charge in [0, 0.05) is 50.6 Å². The Balaban J connectivity index is 1.38. The van der Waals surface area contributed by atoms with Crippen molar-refractivity contribution >= 4 is 12.0 Å². The Labute approximate surface area is 241 Å². The van der Waals surface area contributed by atoms with E-state index in [4.69, 9.17) is 28.4 Å². The minimum atomic E-state index is -0.0352. The third kappa shape index (κ3) is 6.83. The van der Waals surface area contributed by atoms with Crippen molar-refractivity contribution in [1.29, 1.82) is 0 Å². The molecule has 1 aromatic heterocycles. The molecule has 218 valence electrons. The Morgan fingerprint density at radius 3 is 1.80 bits per heavy atom. The summed E-state index contributed by atoms with van der Waals surface area (Å²) in [5.41, 5.74) is 3.60. The van der Waals surface area contributed by atoms with Crippen molar-refractivity contribution in [3.05, 3.63) is 59.8 Å². The lowest BCUT2D eigenvalue weighted by molar-refractivity contribution is -0.127. The molecule has 0 atom stereocenters. The minimum Gasteiger partial charge on any atom is -0.493 e. The van der Waals surface area contributed by atoms with E-state index in [-0.39, 0.29) is 5.91 Å². The van der Waals surface area contributed by atoms with E-state index in [1.54, 1.807) is 54.8 Å². The molecule has 0 bridgehead atoms. The molecule has 1 fully saturated rings. The van der Waals surface area contributed by atoms with Gasteiger partial charge in [-0.2, -0.15) is 0 Å². The highest BCUT2D eigenvalue weighted by atomic mass is 16.5. The molecule has 0 saturated carbocycles. The van der Waals surface area contributed by atoms with Crippen LogP contribution in [0, 0.1) is 0 Å². The molecule has 4 rings (SSSR count). The van der Waals surface area contributed by atoms with Crippen LogP contribution in [0.25, 0.3) is 17.3 Å². The first-order valence-corrected chi connectivity index (χ1v) is 13.2. The first kappa shape index (κ1) is 29.5. The zero-order valence-electron chi connectivity index (χ0n) is 24.4. The minimum absolute atomic E-state index is 0.0352. The fourth-order valence-corrected chi connectivity index (χ4v) is 4.81. The van der Waals surface area contributed by atoms with Gasteiger partial charge < -0.3 is 33.3 Å². The Kier molecular flexibility index (Phi) is 9.91. The molecule has 1 aliphatic rings. The Bertz CT molecular complexity index is 1330. The first-order chi connectivity index (χ1) is 19.9. The van der Waals surface area contributed by atoms with Gasteiger partial charge in [-0.15, -0.1) is 0 Å². The van der Waals surface area contributed by atoms with Crippen LogP contribution in [0.2, 0.25) is 0 Å². The van der Waals surface area contributed by atoms with E-state index in [0.717, 1.165) is 42.0 Å². The van der Waals surface area contributed by atoms with Crippen molar-refractivity contribution in [2.24, 2.45) is 0 Å². The van der Waals surface area contributed by atoms with Crippen LogP contribution >= 0.6 is 0 Å². The summed E-state index contributed by atoms with van der Waals surface area (Å²) >= 11 is 0. The van der Waals surface area contributed by atoms with Crippen LogP contribution in [0.1, 0.15) is 11.1 Å². The predicted octanol–water partition coefficient (Wildman–Crippen LogP) is 4.16.